The van der Waals surface area contributed by atoms with Crippen molar-refractivity contribution in [3.63, 3.8) is 0 Å². The fraction of sp³-hybridized carbons (Fsp3) is 0.533. The molecule has 1 aromatic carbocycles. The molecule has 3 heteroatoms. The van der Waals surface area contributed by atoms with Crippen LogP contribution in [0.15, 0.2) is 24.3 Å². The van der Waals surface area contributed by atoms with Crippen molar-refractivity contribution in [3.8, 4) is 0 Å². The molecule has 0 aromatic heterocycles. The maximum Gasteiger partial charge on any atom is 0.224 e. The molecule has 1 aliphatic heterocycles. The summed E-state index contributed by atoms with van der Waals surface area (Å²) >= 11 is 0. The number of benzene rings is 1. The average molecular weight is 246 g/mol. The Morgan fingerprint density at radius 3 is 2.89 bits per heavy atom. The number of nitrogens with one attached hydrogen (secondary N) is 2. The molecule has 1 saturated heterocycles. The minimum Gasteiger partial charge on any atom is -0.326 e. The van der Waals surface area contributed by atoms with Gasteiger partial charge in [0.25, 0.3) is 0 Å². The molecule has 0 radical (unpaired) electrons. The van der Waals surface area contributed by atoms with Crippen LogP contribution in [-0.4, -0.2) is 19.0 Å². The summed E-state index contributed by atoms with van der Waals surface area (Å²) < 4.78 is 0. The third-order valence-corrected chi connectivity index (χ3v) is 3.49. The number of hydrogen-bond donors (Lipinski definition) is 2. The van der Waals surface area contributed by atoms with Crippen molar-refractivity contribution in [1.82, 2.24) is 5.32 Å². The molecule has 2 N–H and O–H groups in total. The van der Waals surface area contributed by atoms with Gasteiger partial charge in [0.15, 0.2) is 0 Å². The Morgan fingerprint density at radius 1 is 1.44 bits per heavy atom. The van der Waals surface area contributed by atoms with Crippen LogP contribution in [0.1, 0.15) is 38.2 Å². The molecular weight excluding hydrogens is 224 g/mol. The van der Waals surface area contributed by atoms with Crippen LogP contribution in [-0.2, 0) is 4.79 Å². The van der Waals surface area contributed by atoms with Crippen LogP contribution in [0.5, 0.6) is 0 Å². The lowest BCUT2D eigenvalue weighted by atomic mass is 10.0. The smallest absolute Gasteiger partial charge is 0.224 e. The molecule has 18 heavy (non-hydrogen) atoms. The number of carbonyl (C=O) groups is 1. The highest BCUT2D eigenvalue weighted by molar-refractivity contribution is 5.91. The molecule has 2 rings (SSSR count). The maximum absolute atomic E-state index is 12.0. The highest BCUT2D eigenvalue weighted by Gasteiger charge is 2.18. The van der Waals surface area contributed by atoms with Crippen molar-refractivity contribution in [2.75, 3.05) is 18.4 Å². The number of anilines is 1. The quantitative estimate of drug-likeness (QED) is 0.857. The zero-order chi connectivity index (χ0) is 13.0. The van der Waals surface area contributed by atoms with E-state index < -0.39 is 0 Å². The van der Waals surface area contributed by atoms with Crippen LogP contribution in [0, 0.1) is 5.92 Å². The summed E-state index contributed by atoms with van der Waals surface area (Å²) in [6.07, 6.45) is 1.73. The zero-order valence-electron chi connectivity index (χ0n) is 11.2. The van der Waals surface area contributed by atoms with Gasteiger partial charge < -0.3 is 10.6 Å². The lowest BCUT2D eigenvalue weighted by Gasteiger charge is -2.14. The first-order valence-electron chi connectivity index (χ1n) is 6.76. The van der Waals surface area contributed by atoms with Crippen molar-refractivity contribution in [2.45, 2.75) is 32.6 Å². The van der Waals surface area contributed by atoms with Crippen LogP contribution in [0.2, 0.25) is 0 Å². The van der Waals surface area contributed by atoms with E-state index in [1.807, 2.05) is 18.2 Å². The molecule has 0 saturated carbocycles. The van der Waals surface area contributed by atoms with E-state index in [2.05, 4.69) is 30.5 Å². The van der Waals surface area contributed by atoms with Crippen LogP contribution in [0.4, 0.5) is 5.69 Å². The van der Waals surface area contributed by atoms with Crippen LogP contribution < -0.4 is 10.6 Å². The largest absolute Gasteiger partial charge is 0.326 e. The van der Waals surface area contributed by atoms with Gasteiger partial charge in [-0.1, -0.05) is 32.0 Å². The first-order chi connectivity index (χ1) is 8.66. The molecule has 1 fully saturated rings. The average Bonchev–Trinajstić information content (AvgIpc) is 2.82. The van der Waals surface area contributed by atoms with Crippen molar-refractivity contribution >= 4 is 11.6 Å². The van der Waals surface area contributed by atoms with Gasteiger partial charge in [-0.3, -0.25) is 4.79 Å². The van der Waals surface area contributed by atoms with Gasteiger partial charge in [-0.2, -0.15) is 0 Å². The number of hydrogen-bond acceptors (Lipinski definition) is 2. The second kappa shape index (κ2) is 6.01. The van der Waals surface area contributed by atoms with Gasteiger partial charge in [0.1, 0.15) is 0 Å². The normalized spacial score (nSPS) is 19.2. The van der Waals surface area contributed by atoms with E-state index in [1.54, 1.807) is 0 Å². The molecule has 0 spiro atoms. The number of carbonyl (C=O) groups excluding carboxylic acids is 1. The molecule has 0 aliphatic carbocycles. The predicted molar refractivity (Wildman–Crippen MR) is 74.8 cm³/mol. The highest BCUT2D eigenvalue weighted by atomic mass is 16.1. The standard InChI is InChI=1S/C15H22N2O/c1-11(2)13-5-3-4-6-14(13)17-15(18)9-12-7-8-16-10-12/h3-6,11-12,16H,7-10H2,1-2H3,(H,17,18). The van der Waals surface area contributed by atoms with E-state index in [9.17, 15) is 4.79 Å². The van der Waals surface area contributed by atoms with Gasteiger partial charge >= 0.3 is 0 Å². The lowest BCUT2D eigenvalue weighted by Crippen LogP contribution is -2.19. The summed E-state index contributed by atoms with van der Waals surface area (Å²) in [5.74, 6) is 1.06. The minimum absolute atomic E-state index is 0.136. The number of rotatable bonds is 4. The third-order valence-electron chi connectivity index (χ3n) is 3.49. The van der Waals surface area contributed by atoms with Gasteiger partial charge in [0.05, 0.1) is 0 Å². The van der Waals surface area contributed by atoms with E-state index in [1.165, 1.54) is 5.56 Å². The Balaban J connectivity index is 1.97. The Hall–Kier alpha value is -1.35. The minimum atomic E-state index is 0.136. The van der Waals surface area contributed by atoms with Gasteiger partial charge in [0, 0.05) is 12.1 Å². The maximum atomic E-state index is 12.0. The van der Waals surface area contributed by atoms with Crippen LogP contribution in [0.25, 0.3) is 0 Å². The fourth-order valence-electron chi connectivity index (χ4n) is 2.47. The SMILES string of the molecule is CC(C)c1ccccc1NC(=O)CC1CCNC1. The molecule has 98 valence electrons. The molecule has 1 heterocycles. The summed E-state index contributed by atoms with van der Waals surface area (Å²) in [6, 6.07) is 8.06. The fourth-order valence-corrected chi connectivity index (χ4v) is 2.47. The van der Waals surface area contributed by atoms with Gasteiger partial charge in [-0.05, 0) is 43.0 Å². The van der Waals surface area contributed by atoms with Crippen LogP contribution >= 0.6 is 0 Å². The highest BCUT2D eigenvalue weighted by Crippen LogP contribution is 2.24. The number of amides is 1. The second-order valence-electron chi connectivity index (χ2n) is 5.35. The van der Waals surface area contributed by atoms with Crippen molar-refractivity contribution in [3.05, 3.63) is 29.8 Å². The summed E-state index contributed by atoms with van der Waals surface area (Å²) in [6.45, 7) is 6.30. The molecule has 3 nitrogen and oxygen atoms in total. The van der Waals surface area contributed by atoms with E-state index in [4.69, 9.17) is 0 Å². The molecule has 1 aromatic rings. The third kappa shape index (κ3) is 3.33. The van der Waals surface area contributed by atoms with Crippen LogP contribution in [0.3, 0.4) is 0 Å². The van der Waals surface area contributed by atoms with Crippen molar-refractivity contribution in [2.24, 2.45) is 5.92 Å². The van der Waals surface area contributed by atoms with E-state index in [0.29, 0.717) is 18.3 Å². The molecule has 1 aliphatic rings. The Labute approximate surface area is 109 Å². The summed E-state index contributed by atoms with van der Waals surface area (Å²) in [4.78, 5) is 12.0. The van der Waals surface area contributed by atoms with Gasteiger partial charge in [-0.15, -0.1) is 0 Å². The lowest BCUT2D eigenvalue weighted by molar-refractivity contribution is -0.116. The topological polar surface area (TPSA) is 41.1 Å². The first kappa shape index (κ1) is 13.1. The van der Waals surface area contributed by atoms with E-state index >= 15 is 0 Å². The Morgan fingerprint density at radius 2 is 2.22 bits per heavy atom. The monoisotopic (exact) mass is 246 g/mol. The number of para-hydroxylation sites is 1. The summed E-state index contributed by atoms with van der Waals surface area (Å²) in [5.41, 5.74) is 2.17. The Kier molecular flexibility index (Phi) is 4.37. The van der Waals surface area contributed by atoms with Crippen molar-refractivity contribution < 1.29 is 4.79 Å². The van der Waals surface area contributed by atoms with Gasteiger partial charge in [0.2, 0.25) is 5.91 Å². The summed E-state index contributed by atoms with van der Waals surface area (Å²) in [7, 11) is 0. The molecule has 0 bridgehead atoms. The van der Waals surface area contributed by atoms with E-state index in [-0.39, 0.29) is 5.91 Å². The first-order valence-corrected chi connectivity index (χ1v) is 6.76. The summed E-state index contributed by atoms with van der Waals surface area (Å²) in [5, 5.41) is 6.34. The van der Waals surface area contributed by atoms with Crippen molar-refractivity contribution in [1.29, 1.82) is 0 Å². The Bertz CT molecular complexity index is 409. The van der Waals surface area contributed by atoms with E-state index in [0.717, 1.165) is 25.2 Å². The zero-order valence-corrected chi connectivity index (χ0v) is 11.2. The molecule has 1 atom stereocenters. The van der Waals surface area contributed by atoms with Gasteiger partial charge in [-0.25, -0.2) is 0 Å². The molecule has 1 amide bonds. The second-order valence-corrected chi connectivity index (χ2v) is 5.35. The molecule has 1 unspecified atom stereocenters. The predicted octanol–water partition coefficient (Wildman–Crippen LogP) is 2.75. The molecular formula is C15H22N2O.